The minimum absolute atomic E-state index is 0.0661. The van der Waals surface area contributed by atoms with Gasteiger partial charge in [-0.1, -0.05) is 35.3 Å². The Labute approximate surface area is 107 Å². The summed E-state index contributed by atoms with van der Waals surface area (Å²) >= 11 is 11.4. The van der Waals surface area contributed by atoms with Crippen LogP contribution in [0.4, 0.5) is 10.2 Å². The molecule has 0 aliphatic carbocycles. The fraction of sp³-hybridized carbons (Fsp3) is 0.200. The Hall–Kier alpha value is -1.33. The number of anilines is 1. The molecule has 0 amide bonds. The van der Waals surface area contributed by atoms with Gasteiger partial charge in [0.25, 0.3) is 0 Å². The zero-order valence-corrected chi connectivity index (χ0v) is 10.4. The molecule has 1 heterocycles. The van der Waals surface area contributed by atoms with Gasteiger partial charge >= 0.3 is 0 Å². The van der Waals surface area contributed by atoms with Crippen LogP contribution in [0, 0.1) is 5.82 Å². The summed E-state index contributed by atoms with van der Waals surface area (Å²) in [6.07, 6.45) is 0.644. The molecule has 0 unspecified atom stereocenters. The third-order valence-electron chi connectivity index (χ3n) is 2.34. The van der Waals surface area contributed by atoms with Gasteiger partial charge in [0.2, 0.25) is 0 Å². The first-order chi connectivity index (χ1) is 8.04. The topological polar surface area (TPSA) is 56.7 Å². The van der Waals surface area contributed by atoms with Gasteiger partial charge in [-0.2, -0.15) is 0 Å². The van der Waals surface area contributed by atoms with Crippen molar-refractivity contribution in [1.29, 1.82) is 0 Å². The van der Waals surface area contributed by atoms with E-state index in [-0.39, 0.29) is 10.0 Å². The summed E-state index contributed by atoms with van der Waals surface area (Å²) < 4.78 is 14.8. The number of hydrogen-bond donors (Lipinski definition) is 1. The van der Waals surface area contributed by atoms with E-state index in [9.17, 15) is 4.39 Å². The van der Waals surface area contributed by atoms with E-state index in [1.807, 2.05) is 6.92 Å². The first-order valence-corrected chi connectivity index (χ1v) is 5.65. The number of nitrogen functional groups attached to an aromatic ring is 1. The average Bonchev–Trinajstić information content (AvgIpc) is 2.66. The van der Waals surface area contributed by atoms with Gasteiger partial charge in [-0.15, -0.1) is 5.10 Å². The largest absolute Gasteiger partial charge is 0.381 e. The van der Waals surface area contributed by atoms with Crippen LogP contribution in [0.5, 0.6) is 0 Å². The molecule has 0 fully saturated rings. The lowest BCUT2D eigenvalue weighted by atomic mass is 10.2. The van der Waals surface area contributed by atoms with Crippen molar-refractivity contribution >= 4 is 29.0 Å². The molecule has 0 radical (unpaired) electrons. The number of hydrogen-bond acceptors (Lipinski definition) is 3. The molecule has 7 heteroatoms. The molecule has 1 aromatic heterocycles. The first kappa shape index (κ1) is 12.1. The molecule has 0 aliphatic rings. The lowest BCUT2D eigenvalue weighted by molar-refractivity contribution is 0.627. The Balaban J connectivity index is 2.61. The number of aromatic nitrogens is 3. The predicted molar refractivity (Wildman–Crippen MR) is 65.1 cm³/mol. The van der Waals surface area contributed by atoms with Gasteiger partial charge in [-0.25, -0.2) is 9.07 Å². The monoisotopic (exact) mass is 274 g/mol. The van der Waals surface area contributed by atoms with Gasteiger partial charge < -0.3 is 5.73 Å². The smallest absolute Gasteiger partial charge is 0.169 e. The van der Waals surface area contributed by atoms with Crippen LogP contribution in [0.25, 0.3) is 5.69 Å². The highest BCUT2D eigenvalue weighted by atomic mass is 35.5. The van der Waals surface area contributed by atoms with E-state index in [1.54, 1.807) is 0 Å². The van der Waals surface area contributed by atoms with Crippen molar-refractivity contribution in [3.63, 3.8) is 0 Å². The van der Waals surface area contributed by atoms with E-state index in [1.165, 1.54) is 16.8 Å². The average molecular weight is 275 g/mol. The van der Waals surface area contributed by atoms with Gasteiger partial charge in [0.05, 0.1) is 21.4 Å². The van der Waals surface area contributed by atoms with E-state index in [2.05, 4.69) is 10.3 Å². The molecule has 17 heavy (non-hydrogen) atoms. The number of rotatable bonds is 2. The van der Waals surface area contributed by atoms with Crippen LogP contribution < -0.4 is 5.73 Å². The minimum atomic E-state index is -0.650. The lowest BCUT2D eigenvalue weighted by Gasteiger charge is -2.07. The van der Waals surface area contributed by atoms with E-state index >= 15 is 0 Å². The lowest BCUT2D eigenvalue weighted by Crippen LogP contribution is -2.03. The second kappa shape index (κ2) is 4.50. The summed E-state index contributed by atoms with van der Waals surface area (Å²) in [7, 11) is 0. The van der Waals surface area contributed by atoms with Crippen molar-refractivity contribution in [2.24, 2.45) is 0 Å². The maximum atomic E-state index is 13.3. The SMILES string of the molecule is CCc1c(N)nnn1-c1cc(Cl)c(F)c(Cl)c1. The summed E-state index contributed by atoms with van der Waals surface area (Å²) in [4.78, 5) is 0. The molecule has 0 saturated heterocycles. The zero-order chi connectivity index (χ0) is 12.6. The molecular weight excluding hydrogens is 266 g/mol. The van der Waals surface area contributed by atoms with E-state index < -0.39 is 5.82 Å². The number of benzene rings is 1. The van der Waals surface area contributed by atoms with Crippen LogP contribution in [-0.4, -0.2) is 15.0 Å². The van der Waals surface area contributed by atoms with Gasteiger partial charge in [0.15, 0.2) is 11.6 Å². The molecule has 1 aromatic carbocycles. The Morgan fingerprint density at radius 2 is 1.94 bits per heavy atom. The number of nitrogens with zero attached hydrogens (tertiary/aromatic N) is 3. The van der Waals surface area contributed by atoms with Gasteiger partial charge in [-0.3, -0.25) is 0 Å². The van der Waals surface area contributed by atoms with Crippen molar-refractivity contribution < 1.29 is 4.39 Å². The number of halogens is 3. The Morgan fingerprint density at radius 1 is 1.35 bits per heavy atom. The van der Waals surface area contributed by atoms with Crippen molar-refractivity contribution in [3.8, 4) is 5.69 Å². The molecule has 0 bridgehead atoms. The maximum absolute atomic E-state index is 13.3. The van der Waals surface area contributed by atoms with Crippen LogP contribution in [0.15, 0.2) is 12.1 Å². The van der Waals surface area contributed by atoms with E-state index in [4.69, 9.17) is 28.9 Å². The van der Waals surface area contributed by atoms with E-state index in [0.29, 0.717) is 17.9 Å². The minimum Gasteiger partial charge on any atom is -0.381 e. The molecule has 0 saturated carbocycles. The Morgan fingerprint density at radius 3 is 2.47 bits per heavy atom. The molecule has 0 atom stereocenters. The standard InChI is InChI=1S/C10H9Cl2FN4/c1-2-8-10(14)15-16-17(8)5-3-6(11)9(13)7(12)4-5/h3-4H,2,14H2,1H3. The summed E-state index contributed by atoms with van der Waals surface area (Å²) in [5, 5.41) is 7.49. The highest BCUT2D eigenvalue weighted by Gasteiger charge is 2.13. The molecule has 2 N–H and O–H groups in total. The van der Waals surface area contributed by atoms with Crippen LogP contribution in [-0.2, 0) is 6.42 Å². The van der Waals surface area contributed by atoms with E-state index in [0.717, 1.165) is 5.69 Å². The third-order valence-corrected chi connectivity index (χ3v) is 2.89. The Bertz CT molecular complexity index is 544. The summed E-state index contributed by atoms with van der Waals surface area (Å²) in [5.74, 6) is -0.313. The molecule has 2 rings (SSSR count). The second-order valence-corrected chi connectivity index (χ2v) is 4.22. The van der Waals surface area contributed by atoms with Crippen LogP contribution >= 0.6 is 23.2 Å². The molecular formula is C10H9Cl2FN4. The quantitative estimate of drug-likeness (QED) is 0.857. The van der Waals surface area contributed by atoms with Gasteiger partial charge in [0.1, 0.15) is 0 Å². The fourth-order valence-corrected chi connectivity index (χ4v) is 1.99. The number of nitrogens with two attached hydrogens (primary N) is 1. The zero-order valence-electron chi connectivity index (χ0n) is 8.91. The summed E-state index contributed by atoms with van der Waals surface area (Å²) in [6.45, 7) is 1.91. The second-order valence-electron chi connectivity index (χ2n) is 3.41. The van der Waals surface area contributed by atoms with Crippen LogP contribution in [0.2, 0.25) is 10.0 Å². The maximum Gasteiger partial charge on any atom is 0.169 e. The van der Waals surface area contributed by atoms with Crippen LogP contribution in [0.1, 0.15) is 12.6 Å². The van der Waals surface area contributed by atoms with Crippen molar-refractivity contribution in [3.05, 3.63) is 33.7 Å². The molecule has 0 spiro atoms. The van der Waals surface area contributed by atoms with Gasteiger partial charge in [0, 0.05) is 0 Å². The van der Waals surface area contributed by atoms with Crippen molar-refractivity contribution in [1.82, 2.24) is 15.0 Å². The third kappa shape index (κ3) is 2.08. The van der Waals surface area contributed by atoms with Crippen molar-refractivity contribution in [2.45, 2.75) is 13.3 Å². The van der Waals surface area contributed by atoms with Crippen LogP contribution in [0.3, 0.4) is 0 Å². The highest BCUT2D eigenvalue weighted by molar-refractivity contribution is 6.35. The van der Waals surface area contributed by atoms with Gasteiger partial charge in [-0.05, 0) is 18.6 Å². The summed E-state index contributed by atoms with van der Waals surface area (Å²) in [5.41, 5.74) is 6.92. The molecule has 90 valence electrons. The first-order valence-electron chi connectivity index (χ1n) is 4.89. The fourth-order valence-electron chi connectivity index (χ4n) is 1.52. The predicted octanol–water partition coefficient (Wildman–Crippen LogP) is 2.86. The van der Waals surface area contributed by atoms with Crippen molar-refractivity contribution in [2.75, 3.05) is 5.73 Å². The highest BCUT2D eigenvalue weighted by Crippen LogP contribution is 2.27. The summed E-state index contributed by atoms with van der Waals surface area (Å²) in [6, 6.07) is 2.85. The molecule has 4 nitrogen and oxygen atoms in total. The normalized spacial score (nSPS) is 10.8. The molecule has 2 aromatic rings. The molecule has 0 aliphatic heterocycles. The Kier molecular flexibility index (Phi) is 3.22.